The monoisotopic (exact) mass is 546 g/mol. The number of rotatable bonds is 10. The van der Waals surface area contributed by atoms with Gasteiger partial charge >= 0.3 is 0 Å². The maximum atomic E-state index is 11.2. The fourth-order valence-electron chi connectivity index (χ4n) is 6.60. The zero-order valence-corrected chi connectivity index (χ0v) is 23.7. The summed E-state index contributed by atoms with van der Waals surface area (Å²) < 4.78 is 25.0. The number of benzene rings is 3. The molecule has 0 spiro atoms. The lowest BCUT2D eigenvalue weighted by Crippen LogP contribution is -2.44. The summed E-state index contributed by atoms with van der Waals surface area (Å²) in [7, 11) is 3.30. The maximum absolute atomic E-state index is 11.2. The van der Waals surface area contributed by atoms with Gasteiger partial charge in [-0.3, -0.25) is 0 Å². The van der Waals surface area contributed by atoms with Gasteiger partial charge in [0.15, 0.2) is 0 Å². The molecule has 2 saturated carbocycles. The summed E-state index contributed by atoms with van der Waals surface area (Å²) in [5.41, 5.74) is 2.06. The highest BCUT2D eigenvalue weighted by Gasteiger charge is 2.44. The first-order valence-electron chi connectivity index (χ1n) is 14.5. The fraction of sp³-hybridized carbons (Fsp3) is 0.471. The van der Waals surface area contributed by atoms with Crippen molar-refractivity contribution in [2.75, 3.05) is 14.2 Å². The molecule has 3 aromatic rings. The number of aliphatic hydroxyl groups is 2. The summed E-state index contributed by atoms with van der Waals surface area (Å²) in [6, 6.07) is 23.9. The molecule has 5 rings (SSSR count). The van der Waals surface area contributed by atoms with Crippen LogP contribution in [-0.4, -0.2) is 36.6 Å². The predicted molar refractivity (Wildman–Crippen MR) is 154 cm³/mol. The van der Waals surface area contributed by atoms with Gasteiger partial charge in [0.05, 0.1) is 39.6 Å². The van der Waals surface area contributed by atoms with E-state index in [1.165, 1.54) is 0 Å². The van der Waals surface area contributed by atoms with Crippen LogP contribution in [0.25, 0.3) is 0 Å². The van der Waals surface area contributed by atoms with Crippen molar-refractivity contribution < 1.29 is 29.2 Å². The molecule has 2 N–H and O–H groups in total. The van der Waals surface area contributed by atoms with Gasteiger partial charge in [0.25, 0.3) is 0 Å². The summed E-state index contributed by atoms with van der Waals surface area (Å²) in [5, 5.41) is 22.4. The highest BCUT2D eigenvalue weighted by atomic mass is 16.5. The lowest BCUT2D eigenvalue weighted by molar-refractivity contribution is -0.159. The van der Waals surface area contributed by atoms with E-state index in [2.05, 4.69) is 0 Å². The number of ether oxygens (including phenoxy) is 4. The van der Waals surface area contributed by atoms with Crippen LogP contribution in [0.4, 0.5) is 0 Å². The molecule has 4 atom stereocenters. The third-order valence-electron chi connectivity index (χ3n) is 8.78. The lowest BCUT2D eigenvalue weighted by Gasteiger charge is -2.42. The topological polar surface area (TPSA) is 77.4 Å². The molecule has 2 fully saturated rings. The summed E-state index contributed by atoms with van der Waals surface area (Å²) in [6.45, 7) is 0.484. The molecule has 2 aliphatic carbocycles. The van der Waals surface area contributed by atoms with Gasteiger partial charge in [-0.15, -0.1) is 0 Å². The molecule has 0 radical (unpaired) electrons. The normalized spacial score (nSPS) is 26.8. The highest BCUT2D eigenvalue weighted by molar-refractivity contribution is 5.47. The first-order valence-corrected chi connectivity index (χ1v) is 14.5. The van der Waals surface area contributed by atoms with Crippen LogP contribution in [0.5, 0.6) is 11.5 Å². The van der Waals surface area contributed by atoms with Crippen molar-refractivity contribution in [3.63, 3.8) is 0 Å². The number of methoxy groups -OCH3 is 2. The summed E-state index contributed by atoms with van der Waals surface area (Å²) in [5.74, 6) is 1.34. The van der Waals surface area contributed by atoms with Gasteiger partial charge in [-0.2, -0.15) is 0 Å². The Balaban J connectivity index is 1.45. The van der Waals surface area contributed by atoms with Gasteiger partial charge in [-0.05, 0) is 48.9 Å². The first-order chi connectivity index (χ1) is 19.5. The Morgan fingerprint density at radius 1 is 0.650 bits per heavy atom. The van der Waals surface area contributed by atoms with Crippen LogP contribution in [-0.2, 0) is 33.9 Å². The number of aliphatic hydroxyl groups excluding tert-OH is 2. The largest absolute Gasteiger partial charge is 0.497 e. The Morgan fingerprint density at radius 2 is 1.10 bits per heavy atom. The molecule has 40 heavy (non-hydrogen) atoms. The average molecular weight is 547 g/mol. The quantitative estimate of drug-likeness (QED) is 0.307. The van der Waals surface area contributed by atoms with Crippen LogP contribution < -0.4 is 9.47 Å². The van der Waals surface area contributed by atoms with Crippen LogP contribution in [0, 0.1) is 0 Å². The van der Waals surface area contributed by atoms with E-state index in [4.69, 9.17) is 18.9 Å². The van der Waals surface area contributed by atoms with Crippen LogP contribution in [0.15, 0.2) is 72.8 Å². The van der Waals surface area contributed by atoms with Crippen LogP contribution in [0.3, 0.4) is 0 Å². The van der Waals surface area contributed by atoms with Crippen molar-refractivity contribution in [3.05, 3.63) is 95.1 Å². The summed E-state index contributed by atoms with van der Waals surface area (Å²) >= 11 is 0. The molecule has 0 bridgehead atoms. The molecule has 0 aliphatic heterocycles. The molecular formula is C34H42O6. The van der Waals surface area contributed by atoms with Gasteiger partial charge in [-0.25, -0.2) is 0 Å². The molecule has 214 valence electrons. The zero-order valence-electron chi connectivity index (χ0n) is 23.7. The van der Waals surface area contributed by atoms with Crippen LogP contribution in [0.2, 0.25) is 0 Å². The minimum absolute atomic E-state index is 0.242. The van der Waals surface area contributed by atoms with Crippen molar-refractivity contribution in [1.29, 1.82) is 0 Å². The number of hydrogen-bond donors (Lipinski definition) is 2. The van der Waals surface area contributed by atoms with Gasteiger partial charge < -0.3 is 29.2 Å². The van der Waals surface area contributed by atoms with Crippen LogP contribution in [0.1, 0.15) is 73.6 Å². The average Bonchev–Trinajstić information content (AvgIpc) is 3.01. The first kappa shape index (κ1) is 28.6. The second-order valence-electron chi connectivity index (χ2n) is 11.1. The van der Waals surface area contributed by atoms with E-state index in [1.54, 1.807) is 14.2 Å². The Morgan fingerprint density at radius 3 is 1.48 bits per heavy atom. The Hall–Kier alpha value is -2.90. The number of hydrogen-bond acceptors (Lipinski definition) is 6. The van der Waals surface area contributed by atoms with E-state index in [1.807, 2.05) is 72.8 Å². The molecule has 0 unspecified atom stereocenters. The second-order valence-corrected chi connectivity index (χ2v) is 11.1. The van der Waals surface area contributed by atoms with Crippen molar-refractivity contribution in [3.8, 4) is 11.5 Å². The second kappa shape index (κ2) is 12.7. The fourth-order valence-corrected chi connectivity index (χ4v) is 6.60. The Kier molecular flexibility index (Phi) is 9.11. The molecule has 6 nitrogen and oxygen atoms in total. The lowest BCUT2D eigenvalue weighted by atomic mass is 9.77. The molecule has 0 amide bonds. The predicted octanol–water partition coefficient (Wildman–Crippen LogP) is 6.40. The minimum Gasteiger partial charge on any atom is -0.497 e. The van der Waals surface area contributed by atoms with Gasteiger partial charge in [-0.1, -0.05) is 86.3 Å². The van der Waals surface area contributed by atoms with E-state index in [9.17, 15) is 10.2 Å². The van der Waals surface area contributed by atoms with Gasteiger partial charge in [0, 0.05) is 11.1 Å². The van der Waals surface area contributed by atoms with E-state index >= 15 is 0 Å². The molecule has 0 aromatic heterocycles. The smallest absolute Gasteiger partial charge is 0.130 e. The zero-order chi connectivity index (χ0) is 28.0. The molecule has 0 saturated heterocycles. The van der Waals surface area contributed by atoms with Crippen LogP contribution >= 0.6 is 0 Å². The van der Waals surface area contributed by atoms with E-state index in [0.29, 0.717) is 24.3 Å². The summed E-state index contributed by atoms with van der Waals surface area (Å²) in [6.07, 6.45) is 5.66. The Bertz CT molecular complexity index is 1140. The molecule has 6 heteroatoms. The minimum atomic E-state index is -0.784. The SMILES string of the molecule is COc1cc(CO[C@]2(c3ccccc3)CCCC[C@@H]2O)c(OC)c(CO[C@]2(c3ccccc3)CCCC[C@@H]2O)c1. The molecular weight excluding hydrogens is 504 g/mol. The maximum Gasteiger partial charge on any atom is 0.130 e. The molecule has 0 heterocycles. The molecule has 3 aromatic carbocycles. The van der Waals surface area contributed by atoms with Gasteiger partial charge in [0.1, 0.15) is 22.7 Å². The van der Waals surface area contributed by atoms with Gasteiger partial charge in [0.2, 0.25) is 0 Å². The highest BCUT2D eigenvalue weighted by Crippen LogP contribution is 2.44. The molecule has 2 aliphatic rings. The van der Waals surface area contributed by atoms with Crippen molar-refractivity contribution in [2.24, 2.45) is 0 Å². The van der Waals surface area contributed by atoms with Crippen molar-refractivity contribution >= 4 is 0 Å². The van der Waals surface area contributed by atoms with E-state index < -0.39 is 23.4 Å². The third-order valence-corrected chi connectivity index (χ3v) is 8.78. The van der Waals surface area contributed by atoms with Crippen molar-refractivity contribution in [1.82, 2.24) is 0 Å². The van der Waals surface area contributed by atoms with E-state index in [-0.39, 0.29) is 13.2 Å². The third kappa shape index (κ3) is 5.64. The standard InChI is InChI=1S/C34H42O6/c1-37-29-21-25(23-39-33(19-11-9-17-30(33)35)27-13-5-3-6-14-27)32(38-2)26(22-29)24-40-34(20-12-10-18-31(34)36)28-15-7-4-8-16-28/h3-8,13-16,21-22,30-31,35-36H,9-12,17-20,23-24H2,1-2H3/t30-,31-,33-,34-/m0/s1. The van der Waals surface area contributed by atoms with Crippen molar-refractivity contribution in [2.45, 2.75) is 88.0 Å². The summed E-state index contributed by atoms with van der Waals surface area (Å²) in [4.78, 5) is 0. The van der Waals surface area contributed by atoms with E-state index in [0.717, 1.165) is 60.8 Å². The Labute approximate surface area is 237 Å².